The van der Waals surface area contributed by atoms with Gasteiger partial charge in [0.25, 0.3) is 0 Å². The first-order chi connectivity index (χ1) is 9.16. The van der Waals surface area contributed by atoms with Crippen molar-refractivity contribution in [2.24, 2.45) is 17.8 Å². The third-order valence-electron chi connectivity index (χ3n) is 4.27. The molecule has 1 aromatic rings. The second-order valence-corrected chi connectivity index (χ2v) is 5.43. The summed E-state index contributed by atoms with van der Waals surface area (Å²) in [4.78, 5) is 22.7. The molecule has 1 heterocycles. The fourth-order valence-electron chi connectivity index (χ4n) is 3.26. The van der Waals surface area contributed by atoms with Crippen LogP contribution in [0.3, 0.4) is 0 Å². The van der Waals surface area contributed by atoms with E-state index in [1.165, 1.54) is 31.7 Å². The predicted molar refractivity (Wildman–Crippen MR) is 66.5 cm³/mol. The summed E-state index contributed by atoms with van der Waals surface area (Å²) in [6.45, 7) is 0.266. The molecule has 0 spiro atoms. The maximum atomic E-state index is 12.0. The highest BCUT2D eigenvalue weighted by atomic mass is 16.4. The molecule has 2 aliphatic rings. The average Bonchev–Trinajstić information content (AvgIpc) is 2.93. The Hall–Kier alpha value is -1.78. The van der Waals surface area contributed by atoms with Gasteiger partial charge in [0.2, 0.25) is 11.7 Å². The third-order valence-corrected chi connectivity index (χ3v) is 4.27. The zero-order chi connectivity index (χ0) is 13.4. The molecule has 19 heavy (non-hydrogen) atoms. The minimum Gasteiger partial charge on any atom is -0.475 e. The van der Waals surface area contributed by atoms with Gasteiger partial charge in [-0.3, -0.25) is 4.79 Å². The number of carbonyl (C=O) groups excluding carboxylic acids is 1. The van der Waals surface area contributed by atoms with Gasteiger partial charge >= 0.3 is 5.97 Å². The summed E-state index contributed by atoms with van der Waals surface area (Å²) >= 11 is 0. The maximum Gasteiger partial charge on any atom is 0.371 e. The summed E-state index contributed by atoms with van der Waals surface area (Å²) in [5.41, 5.74) is 0. The van der Waals surface area contributed by atoms with Crippen LogP contribution < -0.4 is 5.32 Å². The molecule has 1 amide bonds. The Labute approximate surface area is 111 Å². The van der Waals surface area contributed by atoms with Gasteiger partial charge < -0.3 is 14.8 Å². The largest absolute Gasteiger partial charge is 0.475 e. The Morgan fingerprint density at radius 1 is 1.26 bits per heavy atom. The first-order valence-electron chi connectivity index (χ1n) is 6.76. The van der Waals surface area contributed by atoms with Gasteiger partial charge in [0, 0.05) is 5.92 Å². The van der Waals surface area contributed by atoms with Crippen molar-refractivity contribution in [2.45, 2.75) is 32.2 Å². The number of furan rings is 1. The van der Waals surface area contributed by atoms with Gasteiger partial charge in [-0.05, 0) is 36.8 Å². The normalized spacial score (nSPS) is 28.5. The van der Waals surface area contributed by atoms with E-state index in [9.17, 15) is 9.59 Å². The van der Waals surface area contributed by atoms with Crippen molar-refractivity contribution in [3.63, 3.8) is 0 Å². The quantitative estimate of drug-likeness (QED) is 0.871. The van der Waals surface area contributed by atoms with E-state index in [2.05, 4.69) is 5.32 Å². The number of fused-ring (bicyclic) bond motifs is 1. The number of hydrogen-bond acceptors (Lipinski definition) is 3. The molecule has 0 aromatic carbocycles. The molecular weight excluding hydrogens is 246 g/mol. The van der Waals surface area contributed by atoms with Crippen LogP contribution in [0, 0.1) is 17.8 Å². The first-order valence-corrected chi connectivity index (χ1v) is 6.76. The second-order valence-electron chi connectivity index (χ2n) is 5.43. The molecule has 2 atom stereocenters. The Morgan fingerprint density at radius 2 is 1.95 bits per heavy atom. The number of hydrogen-bond donors (Lipinski definition) is 2. The van der Waals surface area contributed by atoms with E-state index in [0.29, 0.717) is 17.6 Å². The Morgan fingerprint density at radius 3 is 2.53 bits per heavy atom. The van der Waals surface area contributed by atoms with Crippen LogP contribution in [0.2, 0.25) is 0 Å². The highest BCUT2D eigenvalue weighted by molar-refractivity contribution is 5.84. The van der Waals surface area contributed by atoms with Gasteiger partial charge in [0.05, 0.1) is 6.54 Å². The summed E-state index contributed by atoms with van der Waals surface area (Å²) in [5.74, 6) is 0.728. The number of carboxylic acid groups (broad SMARTS) is 1. The zero-order valence-electron chi connectivity index (χ0n) is 10.6. The molecule has 3 rings (SSSR count). The first kappa shape index (κ1) is 12.3. The number of nitrogens with one attached hydrogen (secondary N) is 1. The van der Waals surface area contributed by atoms with E-state index < -0.39 is 5.97 Å². The van der Waals surface area contributed by atoms with Gasteiger partial charge in [-0.25, -0.2) is 4.79 Å². The fraction of sp³-hybridized carbons (Fsp3) is 0.571. The maximum absolute atomic E-state index is 12.0. The van der Waals surface area contributed by atoms with Crippen LogP contribution in [0.1, 0.15) is 42.0 Å². The molecule has 2 fully saturated rings. The number of rotatable bonds is 4. The lowest BCUT2D eigenvalue weighted by atomic mass is 10.0. The van der Waals surface area contributed by atoms with Crippen LogP contribution in [0.5, 0.6) is 0 Å². The molecule has 1 aromatic heterocycles. The van der Waals surface area contributed by atoms with Crippen molar-refractivity contribution in [2.75, 3.05) is 0 Å². The zero-order valence-corrected chi connectivity index (χ0v) is 10.6. The number of carbonyl (C=O) groups is 2. The van der Waals surface area contributed by atoms with Gasteiger partial charge in [0.15, 0.2) is 0 Å². The lowest BCUT2D eigenvalue weighted by molar-refractivity contribution is -0.123. The van der Waals surface area contributed by atoms with Gasteiger partial charge in [-0.15, -0.1) is 0 Å². The minimum absolute atomic E-state index is 0.0881. The van der Waals surface area contributed by atoms with Gasteiger partial charge in [0.1, 0.15) is 5.76 Å². The number of amides is 1. The molecule has 2 aliphatic carbocycles. The van der Waals surface area contributed by atoms with Gasteiger partial charge in [-0.2, -0.15) is 0 Å². The second kappa shape index (κ2) is 4.72. The van der Waals surface area contributed by atoms with E-state index in [4.69, 9.17) is 9.52 Å². The molecule has 5 heteroatoms. The number of carboxylic acids is 1. The van der Waals surface area contributed by atoms with E-state index in [-0.39, 0.29) is 24.1 Å². The van der Waals surface area contributed by atoms with Crippen molar-refractivity contribution >= 4 is 11.9 Å². The Balaban J connectivity index is 1.52. The molecule has 0 aliphatic heterocycles. The van der Waals surface area contributed by atoms with E-state index in [1.807, 2.05) is 0 Å². The molecule has 0 bridgehead atoms. The average molecular weight is 263 g/mol. The smallest absolute Gasteiger partial charge is 0.371 e. The molecule has 0 radical (unpaired) electrons. The summed E-state index contributed by atoms with van der Waals surface area (Å²) in [6, 6.07) is 2.99. The van der Waals surface area contributed by atoms with E-state index in [1.54, 1.807) is 6.07 Å². The van der Waals surface area contributed by atoms with Gasteiger partial charge in [-0.1, -0.05) is 12.8 Å². The van der Waals surface area contributed by atoms with Crippen LogP contribution in [0.15, 0.2) is 16.5 Å². The summed E-state index contributed by atoms with van der Waals surface area (Å²) in [6.07, 6.45) is 4.83. The topological polar surface area (TPSA) is 79.5 Å². The summed E-state index contributed by atoms with van der Waals surface area (Å²) in [5, 5.41) is 11.6. The predicted octanol–water partition coefficient (Wildman–Crippen LogP) is 2.03. The van der Waals surface area contributed by atoms with Crippen molar-refractivity contribution in [3.05, 3.63) is 23.7 Å². The Kier molecular flexibility index (Phi) is 3.05. The molecule has 102 valence electrons. The SMILES string of the molecule is O=C(O)c1ccc(CNC(=O)C2C3CCCCC32)o1. The Bertz CT molecular complexity index is 495. The molecule has 5 nitrogen and oxygen atoms in total. The lowest BCUT2D eigenvalue weighted by Gasteiger charge is -2.04. The van der Waals surface area contributed by atoms with Crippen molar-refractivity contribution in [1.29, 1.82) is 0 Å². The molecule has 0 saturated heterocycles. The van der Waals surface area contributed by atoms with Crippen LogP contribution in [-0.4, -0.2) is 17.0 Å². The summed E-state index contributed by atoms with van der Waals surface area (Å²) < 4.78 is 5.10. The summed E-state index contributed by atoms with van der Waals surface area (Å²) in [7, 11) is 0. The van der Waals surface area contributed by atoms with Crippen molar-refractivity contribution in [1.82, 2.24) is 5.32 Å². The molecule has 2 saturated carbocycles. The third kappa shape index (κ3) is 2.37. The molecule has 2 unspecified atom stereocenters. The van der Waals surface area contributed by atoms with Crippen molar-refractivity contribution in [3.8, 4) is 0 Å². The molecule has 2 N–H and O–H groups in total. The highest BCUT2D eigenvalue weighted by Gasteiger charge is 2.54. The molecular formula is C14H17NO4. The minimum atomic E-state index is -1.09. The number of aromatic carboxylic acids is 1. The van der Waals surface area contributed by atoms with E-state index >= 15 is 0 Å². The van der Waals surface area contributed by atoms with Crippen LogP contribution in [0.25, 0.3) is 0 Å². The van der Waals surface area contributed by atoms with Crippen molar-refractivity contribution < 1.29 is 19.1 Å². The monoisotopic (exact) mass is 263 g/mol. The van der Waals surface area contributed by atoms with Crippen LogP contribution in [0.4, 0.5) is 0 Å². The standard InChI is InChI=1S/C14H17NO4/c16-13(12-9-3-1-2-4-10(9)12)15-7-8-5-6-11(19-8)14(17)18/h5-6,9-10,12H,1-4,7H2,(H,15,16)(H,17,18). The van der Waals surface area contributed by atoms with Crippen LogP contribution >= 0.6 is 0 Å². The van der Waals surface area contributed by atoms with Crippen LogP contribution in [-0.2, 0) is 11.3 Å². The van der Waals surface area contributed by atoms with E-state index in [0.717, 1.165) is 0 Å². The lowest BCUT2D eigenvalue weighted by Crippen LogP contribution is -2.25. The highest BCUT2D eigenvalue weighted by Crippen LogP contribution is 2.55. The fourth-order valence-corrected chi connectivity index (χ4v) is 3.26.